The summed E-state index contributed by atoms with van der Waals surface area (Å²) < 4.78 is 110. The highest BCUT2D eigenvalue weighted by Crippen LogP contribution is 2.47. The Morgan fingerprint density at radius 2 is 1.77 bits per heavy atom. The number of alkyl halides is 8. The van der Waals surface area contributed by atoms with E-state index in [1.165, 1.54) is 0 Å². The lowest BCUT2D eigenvalue weighted by atomic mass is 10.2. The second-order valence-corrected chi connectivity index (χ2v) is 4.29. The fourth-order valence-electron chi connectivity index (χ4n) is 1.43. The Labute approximate surface area is 118 Å². The Morgan fingerprint density at radius 3 is 2.23 bits per heavy atom. The fourth-order valence-corrected chi connectivity index (χ4v) is 1.43. The standard InChI is InChI=1S/C10H10F8O4/c11-6(7(19)21-4-5-2-1-3-20-5)22-10(17,18)8(12,13)9(14,15)16/h5-6H,1-4H2. The van der Waals surface area contributed by atoms with Crippen molar-refractivity contribution in [3.05, 3.63) is 0 Å². The van der Waals surface area contributed by atoms with Crippen LogP contribution < -0.4 is 0 Å². The van der Waals surface area contributed by atoms with Gasteiger partial charge in [0.25, 0.3) is 0 Å². The maximum Gasteiger partial charge on any atom is 0.462 e. The van der Waals surface area contributed by atoms with Crippen molar-refractivity contribution in [1.29, 1.82) is 0 Å². The van der Waals surface area contributed by atoms with Crippen molar-refractivity contribution in [1.82, 2.24) is 0 Å². The average molecular weight is 346 g/mol. The Kier molecular flexibility index (Phi) is 5.60. The van der Waals surface area contributed by atoms with Gasteiger partial charge in [-0.25, -0.2) is 9.18 Å². The molecule has 1 aliphatic rings. The van der Waals surface area contributed by atoms with E-state index in [1.54, 1.807) is 0 Å². The van der Waals surface area contributed by atoms with Crippen LogP contribution >= 0.6 is 0 Å². The fraction of sp³-hybridized carbons (Fsp3) is 0.900. The maximum absolute atomic E-state index is 13.0. The molecule has 0 aliphatic carbocycles. The maximum atomic E-state index is 13.0. The minimum absolute atomic E-state index is 0.327. The summed E-state index contributed by atoms with van der Waals surface area (Å²) >= 11 is 0. The van der Waals surface area contributed by atoms with Crippen LogP contribution in [0.3, 0.4) is 0 Å². The van der Waals surface area contributed by atoms with Gasteiger partial charge in [0.15, 0.2) is 0 Å². The average Bonchev–Trinajstić information content (AvgIpc) is 2.86. The number of ether oxygens (including phenoxy) is 3. The monoisotopic (exact) mass is 346 g/mol. The molecule has 1 fully saturated rings. The normalized spacial score (nSPS) is 21.7. The second-order valence-electron chi connectivity index (χ2n) is 4.29. The molecule has 1 aliphatic heterocycles. The molecule has 0 N–H and O–H groups in total. The van der Waals surface area contributed by atoms with E-state index in [2.05, 4.69) is 9.47 Å². The number of hydrogen-bond acceptors (Lipinski definition) is 4. The predicted octanol–water partition coefficient (Wildman–Crippen LogP) is 2.81. The van der Waals surface area contributed by atoms with Crippen LogP contribution in [0.2, 0.25) is 0 Å². The number of rotatable bonds is 6. The van der Waals surface area contributed by atoms with Crippen molar-refractivity contribution in [3.63, 3.8) is 0 Å². The molecule has 0 spiro atoms. The lowest BCUT2D eigenvalue weighted by molar-refractivity contribution is -0.436. The zero-order chi connectivity index (χ0) is 17.2. The molecule has 22 heavy (non-hydrogen) atoms. The van der Waals surface area contributed by atoms with Crippen LogP contribution in [-0.4, -0.2) is 49.9 Å². The third-order valence-corrected chi connectivity index (χ3v) is 2.59. The van der Waals surface area contributed by atoms with Crippen LogP contribution in [0.4, 0.5) is 35.1 Å². The van der Waals surface area contributed by atoms with Crippen LogP contribution in [-0.2, 0) is 19.0 Å². The highest BCUT2D eigenvalue weighted by molar-refractivity contribution is 5.73. The lowest BCUT2D eigenvalue weighted by Crippen LogP contribution is -2.55. The van der Waals surface area contributed by atoms with Gasteiger partial charge in [0, 0.05) is 6.61 Å². The Balaban J connectivity index is 2.57. The molecule has 0 saturated carbocycles. The third kappa shape index (κ3) is 4.18. The molecule has 12 heteroatoms. The highest BCUT2D eigenvalue weighted by Gasteiger charge is 2.75. The van der Waals surface area contributed by atoms with Crippen LogP contribution in [0.15, 0.2) is 0 Å². The summed E-state index contributed by atoms with van der Waals surface area (Å²) in [5, 5.41) is 0. The summed E-state index contributed by atoms with van der Waals surface area (Å²) in [5.74, 6) is -8.84. The van der Waals surface area contributed by atoms with Gasteiger partial charge in [0.05, 0.1) is 6.10 Å². The molecule has 1 heterocycles. The molecular formula is C10H10F8O4. The third-order valence-electron chi connectivity index (χ3n) is 2.59. The molecule has 1 saturated heterocycles. The van der Waals surface area contributed by atoms with Gasteiger partial charge in [0.1, 0.15) is 6.61 Å². The first-order valence-corrected chi connectivity index (χ1v) is 5.81. The lowest BCUT2D eigenvalue weighted by Gasteiger charge is -2.28. The van der Waals surface area contributed by atoms with E-state index in [1.807, 2.05) is 0 Å². The van der Waals surface area contributed by atoms with Crippen molar-refractivity contribution in [2.75, 3.05) is 13.2 Å². The number of halogens is 8. The first-order valence-electron chi connectivity index (χ1n) is 5.81. The molecule has 2 atom stereocenters. The van der Waals surface area contributed by atoms with Gasteiger partial charge in [-0.3, -0.25) is 4.74 Å². The predicted molar refractivity (Wildman–Crippen MR) is 51.9 cm³/mol. The van der Waals surface area contributed by atoms with E-state index in [9.17, 15) is 39.9 Å². The van der Waals surface area contributed by atoms with Crippen molar-refractivity contribution < 1.29 is 54.1 Å². The van der Waals surface area contributed by atoms with Gasteiger partial charge >= 0.3 is 30.5 Å². The number of esters is 1. The van der Waals surface area contributed by atoms with E-state index in [0.29, 0.717) is 19.4 Å². The summed E-state index contributed by atoms with van der Waals surface area (Å²) in [7, 11) is 0. The van der Waals surface area contributed by atoms with Crippen molar-refractivity contribution >= 4 is 5.97 Å². The first-order chi connectivity index (χ1) is 9.88. The van der Waals surface area contributed by atoms with Gasteiger partial charge < -0.3 is 9.47 Å². The first kappa shape index (κ1) is 18.9. The Hall–Kier alpha value is -1.17. The minimum atomic E-state index is -6.70. The Morgan fingerprint density at radius 1 is 1.18 bits per heavy atom. The molecule has 2 unspecified atom stereocenters. The van der Waals surface area contributed by atoms with E-state index in [-0.39, 0.29) is 0 Å². The summed E-state index contributed by atoms with van der Waals surface area (Å²) in [5.41, 5.74) is 0. The number of hydrogen-bond donors (Lipinski definition) is 0. The van der Waals surface area contributed by atoms with Gasteiger partial charge in [-0.05, 0) is 12.8 Å². The molecule has 0 bridgehead atoms. The van der Waals surface area contributed by atoms with E-state index < -0.39 is 43.2 Å². The van der Waals surface area contributed by atoms with Gasteiger partial charge in [0.2, 0.25) is 0 Å². The number of carbonyl (C=O) groups is 1. The molecular weight excluding hydrogens is 336 g/mol. The van der Waals surface area contributed by atoms with Gasteiger partial charge in [-0.1, -0.05) is 0 Å². The highest BCUT2D eigenvalue weighted by atomic mass is 19.4. The van der Waals surface area contributed by atoms with E-state index >= 15 is 0 Å². The molecule has 4 nitrogen and oxygen atoms in total. The molecule has 0 aromatic heterocycles. The molecule has 0 amide bonds. The summed E-state index contributed by atoms with van der Waals surface area (Å²) in [6.45, 7) is -0.239. The molecule has 1 rings (SSSR count). The number of carbonyl (C=O) groups excluding carboxylic acids is 1. The van der Waals surface area contributed by atoms with Crippen LogP contribution in [0.25, 0.3) is 0 Å². The van der Waals surface area contributed by atoms with Crippen LogP contribution in [0, 0.1) is 0 Å². The van der Waals surface area contributed by atoms with Crippen molar-refractivity contribution in [3.8, 4) is 0 Å². The molecule has 0 aromatic rings. The largest absolute Gasteiger partial charge is 0.462 e. The van der Waals surface area contributed by atoms with Gasteiger partial charge in [-0.2, -0.15) is 30.7 Å². The molecule has 130 valence electrons. The summed E-state index contributed by atoms with van der Waals surface area (Å²) in [6.07, 6.45) is -16.4. The zero-order valence-corrected chi connectivity index (χ0v) is 10.6. The van der Waals surface area contributed by atoms with Crippen molar-refractivity contribution in [2.24, 2.45) is 0 Å². The summed E-state index contributed by atoms with van der Waals surface area (Å²) in [6, 6.07) is 0. The molecule has 0 aromatic carbocycles. The van der Waals surface area contributed by atoms with E-state index in [4.69, 9.17) is 4.74 Å². The van der Waals surface area contributed by atoms with Crippen LogP contribution in [0.5, 0.6) is 0 Å². The molecule has 0 radical (unpaired) electrons. The second kappa shape index (κ2) is 6.52. The minimum Gasteiger partial charge on any atom is -0.459 e. The summed E-state index contributed by atoms with van der Waals surface area (Å²) in [4.78, 5) is 10.9. The van der Waals surface area contributed by atoms with Crippen molar-refractivity contribution in [2.45, 2.75) is 43.5 Å². The Bertz CT molecular complexity index is 391. The quantitative estimate of drug-likeness (QED) is 0.548. The zero-order valence-electron chi connectivity index (χ0n) is 10.6. The van der Waals surface area contributed by atoms with Crippen LogP contribution in [0.1, 0.15) is 12.8 Å². The smallest absolute Gasteiger partial charge is 0.459 e. The van der Waals surface area contributed by atoms with E-state index in [0.717, 1.165) is 0 Å². The van der Waals surface area contributed by atoms with Gasteiger partial charge in [-0.15, -0.1) is 0 Å². The SMILES string of the molecule is O=C(OCC1CCCO1)C(F)OC(F)(F)C(F)(F)C(F)(F)F. The topological polar surface area (TPSA) is 44.8 Å².